The molecule has 1 aromatic heterocycles. The maximum atomic E-state index is 13.3. The quantitative estimate of drug-likeness (QED) is 0.491. The molecule has 2 N–H and O–H groups in total. The van der Waals surface area contributed by atoms with E-state index in [-0.39, 0.29) is 17.6 Å². The smallest absolute Gasteiger partial charge is 0.255 e. The van der Waals surface area contributed by atoms with Crippen LogP contribution in [0.5, 0.6) is 0 Å². The minimum atomic E-state index is -0.363. The Kier molecular flexibility index (Phi) is 5.06. The summed E-state index contributed by atoms with van der Waals surface area (Å²) in [7, 11) is 1.55. The number of anilines is 1. The van der Waals surface area contributed by atoms with Crippen LogP contribution in [0, 0.1) is 5.82 Å². The molecule has 0 saturated heterocycles. The van der Waals surface area contributed by atoms with E-state index >= 15 is 0 Å². The number of hydrogen-bond donors (Lipinski definition) is 2. The van der Waals surface area contributed by atoms with E-state index < -0.39 is 0 Å². The summed E-state index contributed by atoms with van der Waals surface area (Å²) >= 11 is 0. The largest absolute Gasteiger partial charge is 0.455 e. The Morgan fingerprint density at radius 2 is 1.60 bits per heavy atom. The molecule has 0 aliphatic rings. The number of carbonyl (C=O) groups excluding carboxylic acids is 2. The Balaban J connectivity index is 1.87. The van der Waals surface area contributed by atoms with Gasteiger partial charge in [-0.15, -0.1) is 0 Å². The van der Waals surface area contributed by atoms with Gasteiger partial charge in [-0.1, -0.05) is 18.2 Å². The SMILES string of the molecule is CNC(=O)c1c(-c2ccc(F)cc2)oc2ccc(-c3cccc(NC(C)=O)c3)cc12. The van der Waals surface area contributed by atoms with Gasteiger partial charge in [0.25, 0.3) is 5.91 Å². The first kappa shape index (κ1) is 19.4. The Hall–Kier alpha value is -3.93. The standard InChI is InChI=1S/C24H19FN2O3/c1-14(28)27-19-5-3-4-16(12-19)17-8-11-21-20(13-17)22(24(29)26-2)23(30-21)15-6-9-18(25)10-7-15/h3-13H,1-2H3,(H,26,29)(H,27,28). The second-order valence-electron chi connectivity index (χ2n) is 6.87. The van der Waals surface area contributed by atoms with Crippen molar-refractivity contribution in [3.63, 3.8) is 0 Å². The molecule has 0 radical (unpaired) electrons. The van der Waals surface area contributed by atoms with Crippen molar-refractivity contribution < 1.29 is 18.4 Å². The third-order valence-electron chi connectivity index (χ3n) is 4.76. The molecular formula is C24H19FN2O3. The minimum absolute atomic E-state index is 0.150. The Bertz CT molecular complexity index is 1260. The fraction of sp³-hybridized carbons (Fsp3) is 0.0833. The van der Waals surface area contributed by atoms with Crippen molar-refractivity contribution in [1.82, 2.24) is 5.32 Å². The van der Waals surface area contributed by atoms with E-state index in [4.69, 9.17) is 4.42 Å². The normalized spacial score (nSPS) is 10.8. The van der Waals surface area contributed by atoms with Crippen LogP contribution in [0.15, 0.2) is 71.1 Å². The summed E-state index contributed by atoms with van der Waals surface area (Å²) < 4.78 is 19.3. The first-order valence-electron chi connectivity index (χ1n) is 9.39. The van der Waals surface area contributed by atoms with Gasteiger partial charge in [0.15, 0.2) is 0 Å². The molecule has 0 unspecified atom stereocenters. The van der Waals surface area contributed by atoms with Gasteiger partial charge in [0.1, 0.15) is 17.2 Å². The molecule has 5 nitrogen and oxygen atoms in total. The Morgan fingerprint density at radius 1 is 0.900 bits per heavy atom. The van der Waals surface area contributed by atoms with Gasteiger partial charge in [-0.25, -0.2) is 4.39 Å². The second kappa shape index (κ2) is 7.83. The van der Waals surface area contributed by atoms with Gasteiger partial charge in [0.05, 0.1) is 5.56 Å². The third kappa shape index (κ3) is 3.67. The van der Waals surface area contributed by atoms with E-state index in [1.165, 1.54) is 19.1 Å². The molecule has 150 valence electrons. The first-order valence-corrected chi connectivity index (χ1v) is 9.39. The molecule has 0 fully saturated rings. The minimum Gasteiger partial charge on any atom is -0.455 e. The van der Waals surface area contributed by atoms with Gasteiger partial charge in [-0.2, -0.15) is 0 Å². The summed E-state index contributed by atoms with van der Waals surface area (Å²) in [5, 5.41) is 6.07. The summed E-state index contributed by atoms with van der Waals surface area (Å²) in [6, 6.07) is 18.8. The maximum absolute atomic E-state index is 13.3. The summed E-state index contributed by atoms with van der Waals surface area (Å²) in [5.74, 6) is -0.424. The molecule has 2 amide bonds. The molecule has 0 atom stereocenters. The lowest BCUT2D eigenvalue weighted by atomic mass is 10.00. The van der Waals surface area contributed by atoms with Gasteiger partial charge in [0, 0.05) is 30.6 Å². The number of furan rings is 1. The van der Waals surface area contributed by atoms with Crippen LogP contribution in [0.2, 0.25) is 0 Å². The zero-order valence-electron chi connectivity index (χ0n) is 16.5. The zero-order valence-corrected chi connectivity index (χ0v) is 16.5. The van der Waals surface area contributed by atoms with Gasteiger partial charge >= 0.3 is 0 Å². The lowest BCUT2D eigenvalue weighted by molar-refractivity contribution is -0.114. The summed E-state index contributed by atoms with van der Waals surface area (Å²) in [4.78, 5) is 24.0. The molecule has 6 heteroatoms. The number of nitrogens with one attached hydrogen (secondary N) is 2. The molecule has 0 spiro atoms. The second-order valence-corrected chi connectivity index (χ2v) is 6.87. The number of amides is 2. The van der Waals surface area contributed by atoms with Crippen LogP contribution in [-0.4, -0.2) is 18.9 Å². The average Bonchev–Trinajstić information content (AvgIpc) is 3.12. The summed E-state index contributed by atoms with van der Waals surface area (Å²) in [5.41, 5.74) is 3.99. The summed E-state index contributed by atoms with van der Waals surface area (Å²) in [6.07, 6.45) is 0. The van der Waals surface area contributed by atoms with Gasteiger partial charge in [0.2, 0.25) is 5.91 Å². The molecule has 4 rings (SSSR count). The van der Waals surface area contributed by atoms with Gasteiger partial charge in [-0.3, -0.25) is 9.59 Å². The summed E-state index contributed by atoms with van der Waals surface area (Å²) in [6.45, 7) is 1.46. The molecule has 3 aromatic carbocycles. The lowest BCUT2D eigenvalue weighted by Crippen LogP contribution is -2.18. The topological polar surface area (TPSA) is 71.3 Å². The zero-order chi connectivity index (χ0) is 21.3. The van der Waals surface area contributed by atoms with Gasteiger partial charge in [-0.05, 0) is 59.7 Å². The monoisotopic (exact) mass is 402 g/mol. The number of hydrogen-bond acceptors (Lipinski definition) is 3. The highest BCUT2D eigenvalue weighted by Crippen LogP contribution is 2.36. The van der Waals surface area contributed by atoms with Crippen LogP contribution < -0.4 is 10.6 Å². The van der Waals surface area contributed by atoms with Crippen molar-refractivity contribution in [3.8, 4) is 22.5 Å². The van der Waals surface area contributed by atoms with Crippen LogP contribution >= 0.6 is 0 Å². The number of halogens is 1. The van der Waals surface area contributed by atoms with E-state index in [2.05, 4.69) is 10.6 Å². The molecule has 1 heterocycles. The Morgan fingerprint density at radius 3 is 2.30 bits per heavy atom. The predicted molar refractivity (Wildman–Crippen MR) is 115 cm³/mol. The van der Waals surface area contributed by atoms with Crippen LogP contribution in [0.1, 0.15) is 17.3 Å². The number of fused-ring (bicyclic) bond motifs is 1. The predicted octanol–water partition coefficient (Wildman–Crippen LogP) is 5.22. The highest BCUT2D eigenvalue weighted by molar-refractivity contribution is 6.11. The van der Waals surface area contributed by atoms with Crippen LogP contribution in [0.3, 0.4) is 0 Å². The third-order valence-corrected chi connectivity index (χ3v) is 4.76. The molecule has 4 aromatic rings. The van der Waals surface area contributed by atoms with E-state index in [1.807, 2.05) is 36.4 Å². The van der Waals surface area contributed by atoms with E-state index in [9.17, 15) is 14.0 Å². The van der Waals surface area contributed by atoms with Crippen LogP contribution in [0.4, 0.5) is 10.1 Å². The molecule has 0 bridgehead atoms. The van der Waals surface area contributed by atoms with E-state index in [1.54, 1.807) is 25.2 Å². The number of carbonyl (C=O) groups is 2. The van der Waals surface area contributed by atoms with E-state index in [0.717, 1.165) is 11.1 Å². The molecule has 30 heavy (non-hydrogen) atoms. The highest BCUT2D eigenvalue weighted by atomic mass is 19.1. The van der Waals surface area contributed by atoms with Crippen LogP contribution in [0.25, 0.3) is 33.4 Å². The van der Waals surface area contributed by atoms with Crippen molar-refractivity contribution in [2.75, 3.05) is 12.4 Å². The van der Waals surface area contributed by atoms with Crippen LogP contribution in [-0.2, 0) is 4.79 Å². The fourth-order valence-electron chi connectivity index (χ4n) is 3.41. The Labute approximate surface area is 172 Å². The average molecular weight is 402 g/mol. The molecular weight excluding hydrogens is 383 g/mol. The highest BCUT2D eigenvalue weighted by Gasteiger charge is 2.22. The van der Waals surface area contributed by atoms with Crippen molar-refractivity contribution in [2.24, 2.45) is 0 Å². The van der Waals surface area contributed by atoms with Crippen molar-refractivity contribution in [2.45, 2.75) is 6.92 Å². The molecule has 0 saturated carbocycles. The van der Waals surface area contributed by atoms with E-state index in [0.29, 0.717) is 33.5 Å². The molecule has 0 aliphatic heterocycles. The van der Waals surface area contributed by atoms with Crippen molar-refractivity contribution in [1.29, 1.82) is 0 Å². The lowest BCUT2D eigenvalue weighted by Gasteiger charge is -2.07. The van der Waals surface area contributed by atoms with Crippen molar-refractivity contribution >= 4 is 28.5 Å². The fourth-order valence-corrected chi connectivity index (χ4v) is 3.41. The number of rotatable bonds is 4. The number of benzene rings is 3. The first-order chi connectivity index (χ1) is 14.5. The molecule has 0 aliphatic carbocycles. The van der Waals surface area contributed by atoms with Crippen molar-refractivity contribution in [3.05, 3.63) is 78.1 Å². The maximum Gasteiger partial charge on any atom is 0.255 e. The van der Waals surface area contributed by atoms with Gasteiger partial charge < -0.3 is 15.1 Å².